The van der Waals surface area contributed by atoms with E-state index in [2.05, 4.69) is 5.10 Å². The summed E-state index contributed by atoms with van der Waals surface area (Å²) in [5, 5.41) is 4.06. The molecule has 0 unspecified atom stereocenters. The number of anilines is 1. The highest BCUT2D eigenvalue weighted by Crippen LogP contribution is 2.15. The SMILES string of the molecule is Cc1ccc(OCCCn2ccc(N)n2)cc1F. The average Bonchev–Trinajstić information content (AvgIpc) is 2.75. The number of nitrogens with two attached hydrogens (primary N) is 1. The van der Waals surface area contributed by atoms with Gasteiger partial charge in [-0.05, 0) is 24.6 Å². The highest BCUT2D eigenvalue weighted by molar-refractivity contribution is 5.28. The van der Waals surface area contributed by atoms with Gasteiger partial charge in [-0.15, -0.1) is 0 Å². The van der Waals surface area contributed by atoms with Crippen molar-refractivity contribution in [2.24, 2.45) is 0 Å². The van der Waals surface area contributed by atoms with Crippen LogP contribution >= 0.6 is 0 Å². The third kappa shape index (κ3) is 3.23. The normalized spacial score (nSPS) is 10.6. The monoisotopic (exact) mass is 249 g/mol. The second-order valence-electron chi connectivity index (χ2n) is 4.12. The van der Waals surface area contributed by atoms with Crippen LogP contribution in [0, 0.1) is 12.7 Å². The molecule has 96 valence electrons. The van der Waals surface area contributed by atoms with Crippen molar-refractivity contribution < 1.29 is 9.13 Å². The van der Waals surface area contributed by atoms with E-state index in [1.807, 2.05) is 6.20 Å². The third-order valence-electron chi connectivity index (χ3n) is 2.60. The molecule has 4 nitrogen and oxygen atoms in total. The molecule has 0 atom stereocenters. The zero-order chi connectivity index (χ0) is 13.0. The van der Waals surface area contributed by atoms with Crippen LogP contribution in [0.5, 0.6) is 5.75 Å². The van der Waals surface area contributed by atoms with Gasteiger partial charge in [-0.1, -0.05) is 6.07 Å². The molecule has 0 aliphatic heterocycles. The molecule has 1 heterocycles. The predicted molar refractivity (Wildman–Crippen MR) is 67.9 cm³/mol. The number of hydrogen-bond acceptors (Lipinski definition) is 3. The molecule has 5 heteroatoms. The molecule has 0 bridgehead atoms. The molecule has 1 aromatic carbocycles. The van der Waals surface area contributed by atoms with E-state index >= 15 is 0 Å². The zero-order valence-corrected chi connectivity index (χ0v) is 10.3. The maximum Gasteiger partial charge on any atom is 0.145 e. The molecule has 0 spiro atoms. The molecule has 2 N–H and O–H groups in total. The Bertz CT molecular complexity index is 525. The van der Waals surface area contributed by atoms with Crippen LogP contribution in [0.4, 0.5) is 10.2 Å². The maximum absolute atomic E-state index is 13.2. The van der Waals surface area contributed by atoms with E-state index in [0.717, 1.165) is 13.0 Å². The molecule has 0 fully saturated rings. The summed E-state index contributed by atoms with van der Waals surface area (Å²) in [5.41, 5.74) is 6.12. The predicted octanol–water partition coefficient (Wildman–Crippen LogP) is 2.38. The fourth-order valence-corrected chi connectivity index (χ4v) is 1.58. The van der Waals surface area contributed by atoms with Crippen molar-refractivity contribution >= 4 is 5.82 Å². The molecule has 1 aromatic heterocycles. The van der Waals surface area contributed by atoms with Crippen molar-refractivity contribution in [2.45, 2.75) is 19.9 Å². The number of rotatable bonds is 5. The zero-order valence-electron chi connectivity index (χ0n) is 10.3. The number of nitrogen functional groups attached to an aromatic ring is 1. The van der Waals surface area contributed by atoms with E-state index in [0.29, 0.717) is 23.7 Å². The average molecular weight is 249 g/mol. The highest BCUT2D eigenvalue weighted by Gasteiger charge is 2.00. The van der Waals surface area contributed by atoms with Gasteiger partial charge in [0.15, 0.2) is 0 Å². The van der Waals surface area contributed by atoms with Gasteiger partial charge >= 0.3 is 0 Å². The molecule has 0 amide bonds. The van der Waals surface area contributed by atoms with E-state index < -0.39 is 0 Å². The Morgan fingerprint density at radius 2 is 2.22 bits per heavy atom. The van der Waals surface area contributed by atoms with Crippen LogP contribution in [0.15, 0.2) is 30.5 Å². The van der Waals surface area contributed by atoms with Gasteiger partial charge in [-0.25, -0.2) is 4.39 Å². The van der Waals surface area contributed by atoms with Crippen molar-refractivity contribution in [3.8, 4) is 5.75 Å². The lowest BCUT2D eigenvalue weighted by Crippen LogP contribution is -2.05. The minimum Gasteiger partial charge on any atom is -0.493 e. The summed E-state index contributed by atoms with van der Waals surface area (Å²) < 4.78 is 20.5. The van der Waals surface area contributed by atoms with Gasteiger partial charge in [0.05, 0.1) is 6.61 Å². The molecular formula is C13H16FN3O. The molecule has 18 heavy (non-hydrogen) atoms. The molecule has 0 saturated heterocycles. The first kappa shape index (κ1) is 12.4. The van der Waals surface area contributed by atoms with Gasteiger partial charge in [0.2, 0.25) is 0 Å². The summed E-state index contributed by atoms with van der Waals surface area (Å²) >= 11 is 0. The van der Waals surface area contributed by atoms with Crippen molar-refractivity contribution in [1.82, 2.24) is 9.78 Å². The van der Waals surface area contributed by atoms with Crippen molar-refractivity contribution in [2.75, 3.05) is 12.3 Å². The Morgan fingerprint density at radius 3 is 2.89 bits per heavy atom. The largest absolute Gasteiger partial charge is 0.493 e. The van der Waals surface area contributed by atoms with Crippen LogP contribution in [0.1, 0.15) is 12.0 Å². The standard InChI is InChI=1S/C13H16FN3O/c1-10-3-4-11(9-12(10)14)18-8-2-6-17-7-5-13(15)16-17/h3-5,7,9H,2,6,8H2,1H3,(H2,15,16). The van der Waals surface area contributed by atoms with Gasteiger partial charge < -0.3 is 10.5 Å². The summed E-state index contributed by atoms with van der Waals surface area (Å²) in [6.45, 7) is 2.97. The number of hydrogen-bond donors (Lipinski definition) is 1. The second-order valence-corrected chi connectivity index (χ2v) is 4.12. The van der Waals surface area contributed by atoms with Crippen LogP contribution in [0.25, 0.3) is 0 Å². The second kappa shape index (κ2) is 5.53. The minimum absolute atomic E-state index is 0.243. The third-order valence-corrected chi connectivity index (χ3v) is 2.60. The first-order valence-electron chi connectivity index (χ1n) is 5.83. The Morgan fingerprint density at radius 1 is 1.39 bits per heavy atom. The lowest BCUT2D eigenvalue weighted by molar-refractivity contribution is 0.297. The molecule has 2 rings (SSSR count). The van der Waals surface area contributed by atoms with E-state index in [1.165, 1.54) is 6.07 Å². The molecular weight excluding hydrogens is 233 g/mol. The summed E-state index contributed by atoms with van der Waals surface area (Å²) in [6.07, 6.45) is 2.61. The molecule has 0 saturated carbocycles. The van der Waals surface area contributed by atoms with E-state index in [-0.39, 0.29) is 5.82 Å². The Hall–Kier alpha value is -2.04. The van der Waals surface area contributed by atoms with Crippen LogP contribution in [-0.2, 0) is 6.54 Å². The van der Waals surface area contributed by atoms with Gasteiger partial charge in [-0.2, -0.15) is 5.10 Å². The maximum atomic E-state index is 13.2. The Kier molecular flexibility index (Phi) is 3.82. The number of aromatic nitrogens is 2. The number of aryl methyl sites for hydroxylation is 2. The van der Waals surface area contributed by atoms with Crippen molar-refractivity contribution in [3.63, 3.8) is 0 Å². The van der Waals surface area contributed by atoms with Gasteiger partial charge in [0.1, 0.15) is 17.4 Å². The minimum atomic E-state index is -0.243. The van der Waals surface area contributed by atoms with Crippen molar-refractivity contribution in [3.05, 3.63) is 41.8 Å². The topological polar surface area (TPSA) is 53.1 Å². The van der Waals surface area contributed by atoms with Gasteiger partial charge in [0, 0.05) is 25.2 Å². The highest BCUT2D eigenvalue weighted by atomic mass is 19.1. The lowest BCUT2D eigenvalue weighted by atomic mass is 10.2. The summed E-state index contributed by atoms with van der Waals surface area (Å²) in [7, 11) is 0. The molecule has 0 radical (unpaired) electrons. The van der Waals surface area contributed by atoms with Crippen molar-refractivity contribution in [1.29, 1.82) is 0 Å². The number of halogens is 1. The fraction of sp³-hybridized carbons (Fsp3) is 0.308. The van der Waals surface area contributed by atoms with Gasteiger partial charge in [-0.3, -0.25) is 4.68 Å². The van der Waals surface area contributed by atoms with Crippen LogP contribution in [0.3, 0.4) is 0 Å². The summed E-state index contributed by atoms with van der Waals surface area (Å²) in [6, 6.07) is 6.63. The van der Waals surface area contributed by atoms with Crippen LogP contribution < -0.4 is 10.5 Å². The summed E-state index contributed by atoms with van der Waals surface area (Å²) in [4.78, 5) is 0. The number of nitrogens with zero attached hydrogens (tertiary/aromatic N) is 2. The lowest BCUT2D eigenvalue weighted by Gasteiger charge is -2.07. The smallest absolute Gasteiger partial charge is 0.145 e. The first-order valence-corrected chi connectivity index (χ1v) is 5.83. The number of benzene rings is 1. The Balaban J connectivity index is 1.76. The molecule has 0 aliphatic carbocycles. The van der Waals surface area contributed by atoms with E-state index in [9.17, 15) is 4.39 Å². The van der Waals surface area contributed by atoms with Crippen LogP contribution in [0.2, 0.25) is 0 Å². The van der Waals surface area contributed by atoms with Gasteiger partial charge in [0.25, 0.3) is 0 Å². The summed E-state index contributed by atoms with van der Waals surface area (Å²) in [5.74, 6) is 0.821. The fourth-order valence-electron chi connectivity index (χ4n) is 1.58. The first-order chi connectivity index (χ1) is 8.65. The number of ether oxygens (including phenoxy) is 1. The molecule has 0 aliphatic rings. The quantitative estimate of drug-likeness (QED) is 0.828. The molecule has 2 aromatic rings. The van der Waals surface area contributed by atoms with E-state index in [1.54, 1.807) is 29.8 Å². The van der Waals surface area contributed by atoms with E-state index in [4.69, 9.17) is 10.5 Å². The van der Waals surface area contributed by atoms with Crippen LogP contribution in [-0.4, -0.2) is 16.4 Å². The Labute approximate surface area is 105 Å².